The second kappa shape index (κ2) is 4.89. The van der Waals surface area contributed by atoms with Crippen LogP contribution in [0.15, 0.2) is 12.1 Å². The van der Waals surface area contributed by atoms with Crippen molar-refractivity contribution in [3.05, 3.63) is 22.7 Å². The molecule has 0 unspecified atom stereocenters. The number of hydrogen-bond donors (Lipinski definition) is 1. The van der Waals surface area contributed by atoms with E-state index in [0.717, 1.165) is 0 Å². The van der Waals surface area contributed by atoms with Gasteiger partial charge in [-0.3, -0.25) is 0 Å². The number of esters is 1. The van der Waals surface area contributed by atoms with Crippen molar-refractivity contribution in [3.8, 4) is 5.75 Å². The predicted molar refractivity (Wildman–Crippen MR) is 58.4 cm³/mol. The fourth-order valence-corrected chi connectivity index (χ4v) is 1.36. The van der Waals surface area contributed by atoms with Gasteiger partial charge in [0.25, 0.3) is 0 Å². The zero-order chi connectivity index (χ0) is 11.4. The maximum Gasteiger partial charge on any atom is 0.339 e. The summed E-state index contributed by atoms with van der Waals surface area (Å²) in [5.41, 5.74) is 6.25. The lowest BCUT2D eigenvalue weighted by atomic mass is 10.2. The summed E-state index contributed by atoms with van der Waals surface area (Å²) in [6, 6.07) is 2.93. The minimum atomic E-state index is -0.485. The number of carbonyl (C=O) groups excluding carboxylic acids is 1. The lowest BCUT2D eigenvalue weighted by molar-refractivity contribution is 0.0526. The molecule has 0 aliphatic carbocycles. The van der Waals surface area contributed by atoms with E-state index >= 15 is 0 Å². The Morgan fingerprint density at radius 1 is 1.53 bits per heavy atom. The average molecular weight is 230 g/mol. The van der Waals surface area contributed by atoms with Gasteiger partial charge in [-0.05, 0) is 19.1 Å². The number of hydrogen-bond acceptors (Lipinski definition) is 4. The van der Waals surface area contributed by atoms with Crippen LogP contribution in [0.1, 0.15) is 17.3 Å². The zero-order valence-corrected chi connectivity index (χ0v) is 9.30. The number of halogens is 1. The molecule has 0 atom stereocenters. The highest BCUT2D eigenvalue weighted by Crippen LogP contribution is 2.29. The molecular formula is C10H12ClNO3. The molecule has 0 aromatic heterocycles. The molecule has 0 heterocycles. The van der Waals surface area contributed by atoms with E-state index in [2.05, 4.69) is 0 Å². The van der Waals surface area contributed by atoms with E-state index in [1.54, 1.807) is 6.92 Å². The smallest absolute Gasteiger partial charge is 0.339 e. The van der Waals surface area contributed by atoms with Gasteiger partial charge in [-0.2, -0.15) is 0 Å². The molecule has 1 aromatic carbocycles. The second-order valence-corrected chi connectivity index (χ2v) is 3.20. The molecule has 0 aliphatic heterocycles. The number of ether oxygens (including phenoxy) is 2. The van der Waals surface area contributed by atoms with Crippen LogP contribution < -0.4 is 10.5 Å². The monoisotopic (exact) mass is 229 g/mol. The van der Waals surface area contributed by atoms with Crippen LogP contribution in [-0.2, 0) is 4.74 Å². The normalized spacial score (nSPS) is 9.80. The lowest BCUT2D eigenvalue weighted by Crippen LogP contribution is -2.06. The van der Waals surface area contributed by atoms with Gasteiger partial charge in [-0.1, -0.05) is 11.6 Å². The summed E-state index contributed by atoms with van der Waals surface area (Å²) in [5.74, 6) is -0.0803. The highest BCUT2D eigenvalue weighted by molar-refractivity contribution is 6.34. The summed E-state index contributed by atoms with van der Waals surface area (Å²) in [6.07, 6.45) is 0. The standard InChI is InChI=1S/C10H12ClNO3/c1-3-15-10(13)6-4-9(14-2)8(12)5-7(6)11/h4-5H,3,12H2,1-2H3. The topological polar surface area (TPSA) is 61.5 Å². The van der Waals surface area contributed by atoms with Gasteiger partial charge in [0, 0.05) is 0 Å². The summed E-state index contributed by atoms with van der Waals surface area (Å²) in [4.78, 5) is 11.4. The van der Waals surface area contributed by atoms with Crippen molar-refractivity contribution in [3.63, 3.8) is 0 Å². The van der Waals surface area contributed by atoms with Gasteiger partial charge >= 0.3 is 5.97 Å². The van der Waals surface area contributed by atoms with Crippen LogP contribution in [0.2, 0.25) is 5.02 Å². The Kier molecular flexibility index (Phi) is 3.80. The Morgan fingerprint density at radius 2 is 2.20 bits per heavy atom. The first-order chi connectivity index (χ1) is 7.10. The number of nitrogen functional groups attached to an aromatic ring is 1. The summed E-state index contributed by atoms with van der Waals surface area (Å²) in [6.45, 7) is 2.02. The molecule has 82 valence electrons. The van der Waals surface area contributed by atoms with Crippen LogP contribution in [0.3, 0.4) is 0 Å². The van der Waals surface area contributed by atoms with Crippen molar-refractivity contribution in [1.82, 2.24) is 0 Å². The molecule has 0 radical (unpaired) electrons. The van der Waals surface area contributed by atoms with E-state index in [4.69, 9.17) is 26.8 Å². The van der Waals surface area contributed by atoms with Gasteiger partial charge in [0.1, 0.15) is 5.75 Å². The predicted octanol–water partition coefficient (Wildman–Crippen LogP) is 2.11. The molecule has 0 bridgehead atoms. The summed E-state index contributed by atoms with van der Waals surface area (Å²) >= 11 is 5.85. The number of nitrogens with two attached hydrogens (primary N) is 1. The first kappa shape index (κ1) is 11.7. The van der Waals surface area contributed by atoms with Crippen molar-refractivity contribution >= 4 is 23.3 Å². The summed E-state index contributed by atoms with van der Waals surface area (Å²) in [5, 5.41) is 0.256. The van der Waals surface area contributed by atoms with Crippen molar-refractivity contribution in [2.45, 2.75) is 6.92 Å². The van der Waals surface area contributed by atoms with Crippen LogP contribution >= 0.6 is 11.6 Å². The van der Waals surface area contributed by atoms with E-state index in [1.807, 2.05) is 0 Å². The van der Waals surface area contributed by atoms with Gasteiger partial charge in [-0.25, -0.2) is 4.79 Å². The van der Waals surface area contributed by atoms with Gasteiger partial charge in [-0.15, -0.1) is 0 Å². The van der Waals surface area contributed by atoms with E-state index in [-0.39, 0.29) is 10.6 Å². The van der Waals surface area contributed by atoms with Crippen LogP contribution in [-0.4, -0.2) is 19.7 Å². The zero-order valence-electron chi connectivity index (χ0n) is 8.54. The Morgan fingerprint density at radius 3 is 2.73 bits per heavy atom. The third-order valence-electron chi connectivity index (χ3n) is 1.81. The van der Waals surface area contributed by atoms with E-state index in [1.165, 1.54) is 19.2 Å². The average Bonchev–Trinajstić information content (AvgIpc) is 2.18. The SMILES string of the molecule is CCOC(=O)c1cc(OC)c(N)cc1Cl. The Balaban J connectivity index is 3.12. The summed E-state index contributed by atoms with van der Waals surface area (Å²) < 4.78 is 9.81. The molecule has 0 saturated carbocycles. The third-order valence-corrected chi connectivity index (χ3v) is 2.13. The minimum absolute atomic E-state index is 0.254. The number of methoxy groups -OCH3 is 1. The Bertz CT molecular complexity index is 379. The van der Waals surface area contributed by atoms with Gasteiger partial charge < -0.3 is 15.2 Å². The second-order valence-electron chi connectivity index (χ2n) is 2.79. The molecule has 0 amide bonds. The highest BCUT2D eigenvalue weighted by Gasteiger charge is 2.14. The van der Waals surface area contributed by atoms with Gasteiger partial charge in [0.2, 0.25) is 0 Å². The molecule has 2 N–H and O–H groups in total. The van der Waals surface area contributed by atoms with Crippen LogP contribution in [0.4, 0.5) is 5.69 Å². The molecule has 15 heavy (non-hydrogen) atoms. The molecular weight excluding hydrogens is 218 g/mol. The van der Waals surface area contributed by atoms with Crippen LogP contribution in [0.5, 0.6) is 5.75 Å². The van der Waals surface area contributed by atoms with Gasteiger partial charge in [0.05, 0.1) is 30.0 Å². The minimum Gasteiger partial charge on any atom is -0.495 e. The van der Waals surface area contributed by atoms with Crippen LogP contribution in [0.25, 0.3) is 0 Å². The fraction of sp³-hybridized carbons (Fsp3) is 0.300. The largest absolute Gasteiger partial charge is 0.495 e. The number of benzene rings is 1. The lowest BCUT2D eigenvalue weighted by Gasteiger charge is -2.08. The molecule has 1 aromatic rings. The number of anilines is 1. The maximum absolute atomic E-state index is 11.4. The van der Waals surface area contributed by atoms with Gasteiger partial charge in [0.15, 0.2) is 0 Å². The Hall–Kier alpha value is -1.42. The van der Waals surface area contributed by atoms with Crippen molar-refractivity contribution in [1.29, 1.82) is 0 Å². The third kappa shape index (κ3) is 2.53. The van der Waals surface area contributed by atoms with Crippen molar-refractivity contribution < 1.29 is 14.3 Å². The number of rotatable bonds is 3. The quantitative estimate of drug-likeness (QED) is 0.637. The molecule has 0 aliphatic rings. The van der Waals surface area contributed by atoms with E-state index in [9.17, 15) is 4.79 Å². The number of carbonyl (C=O) groups is 1. The summed E-state index contributed by atoms with van der Waals surface area (Å²) in [7, 11) is 1.47. The molecule has 0 fully saturated rings. The van der Waals surface area contributed by atoms with Crippen LogP contribution in [0, 0.1) is 0 Å². The van der Waals surface area contributed by atoms with Crippen molar-refractivity contribution in [2.75, 3.05) is 19.5 Å². The maximum atomic E-state index is 11.4. The van der Waals surface area contributed by atoms with E-state index < -0.39 is 5.97 Å². The molecule has 0 saturated heterocycles. The first-order valence-electron chi connectivity index (χ1n) is 4.40. The molecule has 4 nitrogen and oxygen atoms in total. The fourth-order valence-electron chi connectivity index (χ4n) is 1.11. The molecule has 1 rings (SSSR count). The molecule has 5 heteroatoms. The molecule has 0 spiro atoms. The van der Waals surface area contributed by atoms with E-state index in [0.29, 0.717) is 18.0 Å². The van der Waals surface area contributed by atoms with Crippen molar-refractivity contribution in [2.24, 2.45) is 0 Å². The Labute approximate surface area is 92.9 Å². The first-order valence-corrected chi connectivity index (χ1v) is 4.78. The highest BCUT2D eigenvalue weighted by atomic mass is 35.5.